The van der Waals surface area contributed by atoms with Crippen molar-refractivity contribution in [1.82, 2.24) is 9.78 Å². The van der Waals surface area contributed by atoms with Gasteiger partial charge in [0.05, 0.1) is 24.0 Å². The van der Waals surface area contributed by atoms with Crippen molar-refractivity contribution in [1.29, 1.82) is 0 Å². The molecule has 0 aliphatic carbocycles. The molecule has 0 saturated carbocycles. The van der Waals surface area contributed by atoms with Gasteiger partial charge in [0.1, 0.15) is 11.9 Å². The molecule has 0 spiro atoms. The lowest BCUT2D eigenvalue weighted by atomic mass is 10.1. The summed E-state index contributed by atoms with van der Waals surface area (Å²) >= 11 is 9.61. The van der Waals surface area contributed by atoms with Crippen LogP contribution in [0.2, 0.25) is 5.02 Å². The van der Waals surface area contributed by atoms with Gasteiger partial charge in [0, 0.05) is 16.6 Å². The molecule has 4 nitrogen and oxygen atoms in total. The Morgan fingerprint density at radius 1 is 1.50 bits per heavy atom. The summed E-state index contributed by atoms with van der Waals surface area (Å²) < 4.78 is 7.73. The second-order valence-electron chi connectivity index (χ2n) is 4.39. The number of aromatic nitrogens is 2. The largest absolute Gasteiger partial charge is 0.497 e. The zero-order valence-corrected chi connectivity index (χ0v) is 13.6. The van der Waals surface area contributed by atoms with E-state index in [9.17, 15) is 5.11 Å². The average Bonchev–Trinajstić information content (AvgIpc) is 2.80. The first-order valence-electron chi connectivity index (χ1n) is 6.31. The van der Waals surface area contributed by atoms with E-state index in [0.717, 1.165) is 10.9 Å². The lowest BCUT2D eigenvalue weighted by Crippen LogP contribution is -2.11. The highest BCUT2D eigenvalue weighted by atomic mass is 79.9. The monoisotopic (exact) mass is 358 g/mol. The van der Waals surface area contributed by atoms with Crippen molar-refractivity contribution >= 4 is 27.5 Å². The molecular weight excluding hydrogens is 344 g/mol. The van der Waals surface area contributed by atoms with Gasteiger partial charge in [-0.1, -0.05) is 34.5 Å². The molecule has 108 valence electrons. The predicted molar refractivity (Wildman–Crippen MR) is 82.3 cm³/mol. The van der Waals surface area contributed by atoms with Gasteiger partial charge in [-0.3, -0.25) is 4.68 Å². The average molecular weight is 360 g/mol. The second kappa shape index (κ2) is 6.61. The van der Waals surface area contributed by atoms with Crippen molar-refractivity contribution in [3.05, 3.63) is 45.1 Å². The molecule has 0 fully saturated rings. The molecule has 1 aromatic heterocycles. The van der Waals surface area contributed by atoms with Crippen LogP contribution >= 0.6 is 27.5 Å². The van der Waals surface area contributed by atoms with E-state index in [2.05, 4.69) is 21.0 Å². The number of ether oxygens (including phenoxy) is 1. The van der Waals surface area contributed by atoms with Crippen LogP contribution < -0.4 is 4.74 Å². The summed E-state index contributed by atoms with van der Waals surface area (Å²) in [5, 5.41) is 15.3. The SMILES string of the molecule is CCCn1ncc(Cl)c1C(O)c1cc(OC)ccc1Br. The first-order chi connectivity index (χ1) is 9.58. The number of aliphatic hydroxyl groups is 1. The van der Waals surface area contributed by atoms with Gasteiger partial charge in [0.2, 0.25) is 0 Å². The summed E-state index contributed by atoms with van der Waals surface area (Å²) in [5.74, 6) is 0.680. The summed E-state index contributed by atoms with van der Waals surface area (Å²) in [6.45, 7) is 2.76. The van der Waals surface area contributed by atoms with E-state index >= 15 is 0 Å². The van der Waals surface area contributed by atoms with Crippen molar-refractivity contribution in [3.8, 4) is 5.75 Å². The number of rotatable bonds is 5. The van der Waals surface area contributed by atoms with E-state index in [0.29, 0.717) is 28.6 Å². The first kappa shape index (κ1) is 15.4. The molecule has 2 aromatic rings. The summed E-state index contributed by atoms with van der Waals surface area (Å²) in [7, 11) is 1.59. The Bertz CT molecular complexity index is 601. The molecule has 0 saturated heterocycles. The number of hydrogen-bond donors (Lipinski definition) is 1. The first-order valence-corrected chi connectivity index (χ1v) is 7.48. The molecule has 0 aliphatic rings. The lowest BCUT2D eigenvalue weighted by Gasteiger charge is -2.16. The summed E-state index contributed by atoms with van der Waals surface area (Å²) in [5.41, 5.74) is 1.30. The normalized spacial score (nSPS) is 12.4. The van der Waals surface area contributed by atoms with Crippen LogP contribution in [0.25, 0.3) is 0 Å². The Hall–Kier alpha value is -1.04. The predicted octanol–water partition coefficient (Wildman–Crippen LogP) is 3.80. The molecule has 0 amide bonds. The van der Waals surface area contributed by atoms with E-state index in [4.69, 9.17) is 16.3 Å². The minimum absolute atomic E-state index is 0.459. The number of hydrogen-bond acceptors (Lipinski definition) is 3. The minimum Gasteiger partial charge on any atom is -0.497 e. The maximum absolute atomic E-state index is 10.6. The molecular formula is C14H16BrClN2O2. The molecule has 1 heterocycles. The van der Waals surface area contributed by atoms with Gasteiger partial charge in [-0.05, 0) is 24.6 Å². The Morgan fingerprint density at radius 3 is 2.90 bits per heavy atom. The Morgan fingerprint density at radius 2 is 2.25 bits per heavy atom. The van der Waals surface area contributed by atoms with Gasteiger partial charge in [0.15, 0.2) is 0 Å². The van der Waals surface area contributed by atoms with Crippen LogP contribution in [0, 0.1) is 0 Å². The van der Waals surface area contributed by atoms with Crippen LogP contribution in [0.3, 0.4) is 0 Å². The standard InChI is InChI=1S/C14H16BrClN2O2/c1-3-6-18-13(12(16)8-17-18)14(19)10-7-9(20-2)4-5-11(10)15/h4-5,7-8,14,19H,3,6H2,1-2H3. The molecule has 1 unspecified atom stereocenters. The van der Waals surface area contributed by atoms with Crippen LogP contribution in [0.1, 0.15) is 30.7 Å². The van der Waals surface area contributed by atoms with Crippen LogP contribution in [0.15, 0.2) is 28.9 Å². The maximum Gasteiger partial charge on any atom is 0.123 e. The Balaban J connectivity index is 2.45. The molecule has 2 rings (SSSR count). The highest BCUT2D eigenvalue weighted by Gasteiger charge is 2.22. The lowest BCUT2D eigenvalue weighted by molar-refractivity contribution is 0.206. The fourth-order valence-corrected chi connectivity index (χ4v) is 2.75. The van der Waals surface area contributed by atoms with Gasteiger partial charge in [-0.15, -0.1) is 0 Å². The van der Waals surface area contributed by atoms with Crippen LogP contribution in [-0.4, -0.2) is 22.0 Å². The van der Waals surface area contributed by atoms with Crippen molar-refractivity contribution in [3.63, 3.8) is 0 Å². The van der Waals surface area contributed by atoms with Crippen molar-refractivity contribution in [2.24, 2.45) is 0 Å². The van der Waals surface area contributed by atoms with Gasteiger partial charge in [-0.25, -0.2) is 0 Å². The molecule has 6 heteroatoms. The third-order valence-electron chi connectivity index (χ3n) is 3.03. The molecule has 0 aliphatic heterocycles. The third kappa shape index (κ3) is 3.00. The molecule has 1 atom stereocenters. The molecule has 0 radical (unpaired) electrons. The zero-order valence-electron chi connectivity index (χ0n) is 11.3. The zero-order chi connectivity index (χ0) is 14.7. The smallest absolute Gasteiger partial charge is 0.123 e. The maximum atomic E-state index is 10.6. The van der Waals surface area contributed by atoms with E-state index in [1.165, 1.54) is 0 Å². The van der Waals surface area contributed by atoms with Crippen molar-refractivity contribution in [2.75, 3.05) is 7.11 Å². The van der Waals surface area contributed by atoms with Crippen molar-refractivity contribution < 1.29 is 9.84 Å². The Labute approximate surface area is 131 Å². The van der Waals surface area contributed by atoms with E-state index in [1.54, 1.807) is 24.1 Å². The van der Waals surface area contributed by atoms with Gasteiger partial charge >= 0.3 is 0 Å². The molecule has 1 N–H and O–H groups in total. The number of nitrogens with zero attached hydrogens (tertiary/aromatic N) is 2. The number of halogens is 2. The quantitative estimate of drug-likeness (QED) is 0.883. The van der Waals surface area contributed by atoms with E-state index in [-0.39, 0.29) is 0 Å². The molecule has 1 aromatic carbocycles. The summed E-state index contributed by atoms with van der Waals surface area (Å²) in [6, 6.07) is 5.45. The number of benzene rings is 1. The highest BCUT2D eigenvalue weighted by Crippen LogP contribution is 2.34. The molecule has 0 bridgehead atoms. The highest BCUT2D eigenvalue weighted by molar-refractivity contribution is 9.10. The van der Waals surface area contributed by atoms with E-state index in [1.807, 2.05) is 19.1 Å². The van der Waals surface area contributed by atoms with E-state index < -0.39 is 6.10 Å². The third-order valence-corrected chi connectivity index (χ3v) is 4.04. The van der Waals surface area contributed by atoms with Gasteiger partial charge < -0.3 is 9.84 Å². The number of aliphatic hydroxyl groups excluding tert-OH is 1. The summed E-state index contributed by atoms with van der Waals surface area (Å²) in [6.07, 6.45) is 1.61. The van der Waals surface area contributed by atoms with Crippen LogP contribution in [-0.2, 0) is 6.54 Å². The van der Waals surface area contributed by atoms with Crippen LogP contribution in [0.5, 0.6) is 5.75 Å². The second-order valence-corrected chi connectivity index (χ2v) is 5.65. The minimum atomic E-state index is -0.860. The molecule has 20 heavy (non-hydrogen) atoms. The van der Waals surface area contributed by atoms with Crippen LogP contribution in [0.4, 0.5) is 0 Å². The fourth-order valence-electron chi connectivity index (χ4n) is 2.04. The van der Waals surface area contributed by atoms with Crippen molar-refractivity contribution in [2.45, 2.75) is 26.0 Å². The number of methoxy groups -OCH3 is 1. The topological polar surface area (TPSA) is 47.3 Å². The Kier molecular flexibility index (Phi) is 5.07. The summed E-state index contributed by atoms with van der Waals surface area (Å²) in [4.78, 5) is 0. The fraction of sp³-hybridized carbons (Fsp3) is 0.357. The van der Waals surface area contributed by atoms with Gasteiger partial charge in [-0.2, -0.15) is 5.10 Å². The number of aryl methyl sites for hydroxylation is 1. The van der Waals surface area contributed by atoms with Gasteiger partial charge in [0.25, 0.3) is 0 Å².